The van der Waals surface area contributed by atoms with Gasteiger partial charge >= 0.3 is 0 Å². The first kappa shape index (κ1) is 17.4. The van der Waals surface area contributed by atoms with Gasteiger partial charge in [0.2, 0.25) is 5.89 Å². The van der Waals surface area contributed by atoms with Gasteiger partial charge in [0, 0.05) is 33.6 Å². The van der Waals surface area contributed by atoms with E-state index >= 15 is 0 Å². The topological polar surface area (TPSA) is 60.9 Å². The first-order valence-electron chi connectivity index (χ1n) is 8.47. The van der Waals surface area contributed by atoms with Gasteiger partial charge < -0.3 is 8.98 Å². The van der Waals surface area contributed by atoms with Gasteiger partial charge in [-0.25, -0.2) is 0 Å². The number of nitrogens with zero attached hydrogens (tertiary/aromatic N) is 3. The highest BCUT2D eigenvalue weighted by Gasteiger charge is 2.28. The van der Waals surface area contributed by atoms with E-state index in [1.165, 1.54) is 24.6 Å². The molecular weight excluding hydrogens is 370 g/mol. The van der Waals surface area contributed by atoms with E-state index in [9.17, 15) is 4.79 Å². The molecule has 1 aliphatic rings. The predicted octanol–water partition coefficient (Wildman–Crippen LogP) is 5.12. The number of Topliss-reactive ketones (excluding diaryl/α,β-unsaturated/α-hetero) is 1. The summed E-state index contributed by atoms with van der Waals surface area (Å²) in [4.78, 5) is 12.6. The van der Waals surface area contributed by atoms with Crippen LogP contribution in [-0.2, 0) is 0 Å². The molecule has 1 aromatic carbocycles. The van der Waals surface area contributed by atoms with Gasteiger partial charge in [0.15, 0.2) is 5.78 Å². The average molecular weight is 388 g/mol. The van der Waals surface area contributed by atoms with Gasteiger partial charge in [-0.15, -0.1) is 10.2 Å². The zero-order chi connectivity index (χ0) is 18.3. The zero-order valence-electron chi connectivity index (χ0n) is 14.5. The smallest absolute Gasteiger partial charge is 0.277 e. The lowest BCUT2D eigenvalue weighted by Crippen LogP contribution is -2.05. The van der Waals surface area contributed by atoms with E-state index in [0.717, 1.165) is 22.5 Å². The number of carbonyl (C=O) groups is 1. The van der Waals surface area contributed by atoms with Crippen LogP contribution < -0.4 is 0 Å². The van der Waals surface area contributed by atoms with Crippen LogP contribution in [0.15, 0.2) is 40.0 Å². The molecule has 0 radical (unpaired) electrons. The first-order valence-corrected chi connectivity index (χ1v) is 9.83. The molecule has 1 saturated carbocycles. The van der Waals surface area contributed by atoms with Crippen molar-refractivity contribution in [1.29, 1.82) is 0 Å². The Bertz CT molecular complexity index is 958. The predicted molar refractivity (Wildman–Crippen MR) is 102 cm³/mol. The van der Waals surface area contributed by atoms with Gasteiger partial charge in [-0.05, 0) is 57.0 Å². The zero-order valence-corrected chi connectivity index (χ0v) is 16.1. The Morgan fingerprint density at radius 1 is 1.27 bits per heavy atom. The molecule has 0 saturated heterocycles. The second kappa shape index (κ2) is 6.93. The Kier molecular flexibility index (Phi) is 4.63. The molecule has 2 aromatic heterocycles. The Hall–Kier alpha value is -2.05. The fourth-order valence-electron chi connectivity index (χ4n) is 3.14. The van der Waals surface area contributed by atoms with E-state index in [-0.39, 0.29) is 11.5 Å². The van der Waals surface area contributed by atoms with Crippen molar-refractivity contribution in [3.05, 3.63) is 52.3 Å². The fourth-order valence-corrected chi connectivity index (χ4v) is 3.91. The van der Waals surface area contributed by atoms with Crippen LogP contribution in [-0.4, -0.2) is 26.3 Å². The molecule has 134 valence electrons. The molecule has 1 fully saturated rings. The van der Waals surface area contributed by atoms with E-state index in [2.05, 4.69) is 21.7 Å². The molecule has 0 amide bonds. The number of hydrogen-bond donors (Lipinski definition) is 0. The van der Waals surface area contributed by atoms with Crippen LogP contribution in [0.5, 0.6) is 0 Å². The van der Waals surface area contributed by atoms with Crippen molar-refractivity contribution in [1.82, 2.24) is 14.8 Å². The Morgan fingerprint density at radius 2 is 2.00 bits per heavy atom. The highest BCUT2D eigenvalue weighted by Crippen LogP contribution is 2.38. The van der Waals surface area contributed by atoms with E-state index in [0.29, 0.717) is 22.2 Å². The number of benzene rings is 1. The van der Waals surface area contributed by atoms with Crippen LogP contribution in [0.25, 0.3) is 11.5 Å². The fraction of sp³-hybridized carbons (Fsp3) is 0.316. The summed E-state index contributed by atoms with van der Waals surface area (Å²) in [6, 6.07) is 9.75. The molecule has 5 nitrogen and oxygen atoms in total. The average Bonchev–Trinajstić information content (AvgIpc) is 3.26. The highest BCUT2D eigenvalue weighted by atomic mass is 35.5. The van der Waals surface area contributed by atoms with Crippen molar-refractivity contribution in [3.63, 3.8) is 0 Å². The number of rotatable bonds is 6. The molecule has 0 unspecified atom stereocenters. The molecule has 26 heavy (non-hydrogen) atoms. The Labute approximate surface area is 160 Å². The van der Waals surface area contributed by atoms with Crippen LogP contribution in [0.4, 0.5) is 0 Å². The number of carbonyl (C=O) groups excluding carboxylic acids is 1. The number of aromatic nitrogens is 3. The lowest BCUT2D eigenvalue weighted by molar-refractivity contribution is 0.102. The Morgan fingerprint density at radius 3 is 2.69 bits per heavy atom. The van der Waals surface area contributed by atoms with E-state index < -0.39 is 0 Å². The summed E-state index contributed by atoms with van der Waals surface area (Å²) >= 11 is 7.15. The lowest BCUT2D eigenvalue weighted by atomic mass is 10.2. The van der Waals surface area contributed by atoms with Crippen molar-refractivity contribution >= 4 is 29.1 Å². The van der Waals surface area contributed by atoms with Crippen molar-refractivity contribution < 1.29 is 9.21 Å². The number of hydrogen-bond acceptors (Lipinski definition) is 5. The second-order valence-electron chi connectivity index (χ2n) is 6.48. The van der Waals surface area contributed by atoms with Gasteiger partial charge in [-0.2, -0.15) is 0 Å². The van der Waals surface area contributed by atoms with Gasteiger partial charge in [0.05, 0.1) is 5.75 Å². The molecule has 0 N–H and O–H groups in total. The standard InChI is InChI=1S/C19H18ClN3O2S/c1-11-9-16(12(2)23(11)15-7-8-15)17(24)10-26-19-22-21-18(25-19)13-3-5-14(20)6-4-13/h3-6,9,15H,7-8,10H2,1-2H3. The number of aryl methyl sites for hydroxylation is 1. The maximum atomic E-state index is 12.6. The van der Waals surface area contributed by atoms with Crippen molar-refractivity contribution in [2.24, 2.45) is 0 Å². The Balaban J connectivity index is 1.44. The summed E-state index contributed by atoms with van der Waals surface area (Å²) in [6.45, 7) is 4.08. The minimum atomic E-state index is 0.0845. The minimum Gasteiger partial charge on any atom is -0.411 e. The SMILES string of the molecule is Cc1cc(C(=O)CSc2nnc(-c3ccc(Cl)cc3)o2)c(C)n1C1CC1. The van der Waals surface area contributed by atoms with Gasteiger partial charge in [-0.1, -0.05) is 23.4 Å². The highest BCUT2D eigenvalue weighted by molar-refractivity contribution is 7.99. The van der Waals surface area contributed by atoms with E-state index in [1.54, 1.807) is 12.1 Å². The van der Waals surface area contributed by atoms with Crippen molar-refractivity contribution in [3.8, 4) is 11.5 Å². The third kappa shape index (κ3) is 3.44. The van der Waals surface area contributed by atoms with Gasteiger partial charge in [0.25, 0.3) is 5.22 Å². The normalized spacial score (nSPS) is 14.0. The third-order valence-electron chi connectivity index (χ3n) is 4.52. The molecule has 0 bridgehead atoms. The first-order chi connectivity index (χ1) is 12.5. The van der Waals surface area contributed by atoms with Crippen LogP contribution >= 0.6 is 23.4 Å². The van der Waals surface area contributed by atoms with E-state index in [4.69, 9.17) is 16.0 Å². The van der Waals surface area contributed by atoms with Crippen LogP contribution in [0.3, 0.4) is 0 Å². The summed E-state index contributed by atoms with van der Waals surface area (Å²) < 4.78 is 7.92. The second-order valence-corrected chi connectivity index (χ2v) is 7.84. The largest absolute Gasteiger partial charge is 0.411 e. The molecule has 2 heterocycles. The molecular formula is C19H18ClN3O2S. The van der Waals surface area contributed by atoms with Gasteiger partial charge in [0.1, 0.15) is 0 Å². The molecule has 7 heteroatoms. The van der Waals surface area contributed by atoms with E-state index in [1.807, 2.05) is 25.1 Å². The van der Waals surface area contributed by atoms with Gasteiger partial charge in [-0.3, -0.25) is 4.79 Å². The maximum Gasteiger partial charge on any atom is 0.277 e. The molecule has 3 aromatic rings. The number of thioether (sulfide) groups is 1. The summed E-state index contributed by atoms with van der Waals surface area (Å²) in [5.74, 6) is 0.779. The molecule has 0 atom stereocenters. The third-order valence-corrected chi connectivity index (χ3v) is 5.59. The lowest BCUT2D eigenvalue weighted by Gasteiger charge is -2.07. The quantitative estimate of drug-likeness (QED) is 0.434. The van der Waals surface area contributed by atoms with Crippen LogP contribution in [0.2, 0.25) is 5.02 Å². The number of halogens is 1. The summed E-state index contributed by atoms with van der Waals surface area (Å²) in [7, 11) is 0. The number of ketones is 1. The molecule has 0 aliphatic heterocycles. The maximum absolute atomic E-state index is 12.6. The van der Waals surface area contributed by atoms with Crippen LogP contribution in [0.1, 0.15) is 40.6 Å². The molecule has 1 aliphatic carbocycles. The summed E-state index contributed by atoms with van der Waals surface area (Å²) in [5, 5.41) is 9.10. The molecule has 0 spiro atoms. The summed E-state index contributed by atoms with van der Waals surface area (Å²) in [5.41, 5.74) is 3.80. The van der Waals surface area contributed by atoms with Crippen molar-refractivity contribution in [2.75, 3.05) is 5.75 Å². The monoisotopic (exact) mass is 387 g/mol. The van der Waals surface area contributed by atoms with Crippen LogP contribution in [0, 0.1) is 13.8 Å². The summed E-state index contributed by atoms with van der Waals surface area (Å²) in [6.07, 6.45) is 2.41. The molecule has 4 rings (SSSR count). The van der Waals surface area contributed by atoms with Crippen molar-refractivity contribution in [2.45, 2.75) is 38.0 Å². The minimum absolute atomic E-state index is 0.0845.